The van der Waals surface area contributed by atoms with Gasteiger partial charge in [-0.2, -0.15) is 0 Å². The highest BCUT2D eigenvalue weighted by atomic mass is 79.9. The summed E-state index contributed by atoms with van der Waals surface area (Å²) in [6.45, 7) is 5.97. The summed E-state index contributed by atoms with van der Waals surface area (Å²) in [6, 6.07) is 5.46. The van der Waals surface area contributed by atoms with Crippen LogP contribution >= 0.6 is 27.3 Å². The third-order valence-corrected chi connectivity index (χ3v) is 6.39. The zero-order valence-electron chi connectivity index (χ0n) is 12.0. The lowest BCUT2D eigenvalue weighted by Crippen LogP contribution is -2.14. The van der Waals surface area contributed by atoms with E-state index in [-0.39, 0.29) is 0 Å². The summed E-state index contributed by atoms with van der Waals surface area (Å²) in [4.78, 5) is 1.89. The average molecular weight is 389 g/mol. The Bertz CT molecular complexity index is 759. The molecule has 114 valence electrons. The van der Waals surface area contributed by atoms with E-state index in [2.05, 4.69) is 20.7 Å². The molecular weight excluding hydrogens is 372 g/mol. The number of hydrogen-bond donors (Lipinski definition) is 2. The minimum atomic E-state index is -3.62. The van der Waals surface area contributed by atoms with Gasteiger partial charge in [0.25, 0.3) is 10.0 Å². The summed E-state index contributed by atoms with van der Waals surface area (Å²) in [7, 11) is -3.62. The molecule has 0 aliphatic rings. The van der Waals surface area contributed by atoms with Crippen LogP contribution in [0.3, 0.4) is 0 Å². The first-order valence-electron chi connectivity index (χ1n) is 6.33. The van der Waals surface area contributed by atoms with E-state index in [9.17, 15) is 8.42 Å². The Morgan fingerprint density at radius 2 is 1.90 bits per heavy atom. The lowest BCUT2D eigenvalue weighted by Gasteiger charge is -2.13. The van der Waals surface area contributed by atoms with E-state index < -0.39 is 10.0 Å². The van der Waals surface area contributed by atoms with Crippen LogP contribution in [0.5, 0.6) is 0 Å². The number of halogens is 1. The van der Waals surface area contributed by atoms with Crippen molar-refractivity contribution >= 4 is 43.0 Å². The number of thiophene rings is 1. The molecule has 0 unspecified atom stereocenters. The predicted octanol–water partition coefficient (Wildman–Crippen LogP) is 3.70. The topological polar surface area (TPSA) is 72.2 Å². The van der Waals surface area contributed by atoms with Crippen molar-refractivity contribution in [3.05, 3.63) is 43.6 Å². The smallest absolute Gasteiger partial charge is 0.263 e. The van der Waals surface area contributed by atoms with Gasteiger partial charge in [0.1, 0.15) is 4.90 Å². The minimum absolute atomic E-state index is 0.292. The highest BCUT2D eigenvalue weighted by Gasteiger charge is 2.21. The summed E-state index contributed by atoms with van der Waals surface area (Å²) in [5.41, 5.74) is 8.09. The van der Waals surface area contributed by atoms with Crippen LogP contribution in [0.2, 0.25) is 0 Å². The molecule has 3 N–H and O–H groups in total. The molecule has 1 heterocycles. The number of anilines is 1. The second-order valence-corrected chi connectivity index (χ2v) is 8.73. The Morgan fingerprint density at radius 3 is 2.43 bits per heavy atom. The molecule has 4 nitrogen and oxygen atoms in total. The number of benzene rings is 1. The zero-order valence-corrected chi connectivity index (χ0v) is 15.2. The monoisotopic (exact) mass is 388 g/mol. The van der Waals surface area contributed by atoms with Gasteiger partial charge in [0.05, 0.1) is 5.69 Å². The first-order chi connectivity index (χ1) is 9.74. The third-order valence-electron chi connectivity index (χ3n) is 3.08. The normalized spacial score (nSPS) is 11.7. The molecule has 0 bridgehead atoms. The van der Waals surface area contributed by atoms with E-state index in [1.807, 2.05) is 26.0 Å². The Morgan fingerprint density at radius 1 is 1.24 bits per heavy atom. The van der Waals surface area contributed by atoms with Gasteiger partial charge in [-0.3, -0.25) is 4.72 Å². The quantitative estimate of drug-likeness (QED) is 0.838. The van der Waals surface area contributed by atoms with E-state index in [0.717, 1.165) is 25.4 Å². The molecule has 2 rings (SSSR count). The molecule has 2 aromatic rings. The van der Waals surface area contributed by atoms with Crippen molar-refractivity contribution in [1.29, 1.82) is 0 Å². The van der Waals surface area contributed by atoms with Gasteiger partial charge in [0.2, 0.25) is 0 Å². The van der Waals surface area contributed by atoms with Crippen LogP contribution in [0.4, 0.5) is 5.69 Å². The van der Waals surface area contributed by atoms with E-state index >= 15 is 0 Å². The van der Waals surface area contributed by atoms with Crippen LogP contribution in [0, 0.1) is 20.8 Å². The fourth-order valence-electron chi connectivity index (χ4n) is 2.13. The molecule has 0 atom stereocenters. The van der Waals surface area contributed by atoms with Crippen molar-refractivity contribution in [2.24, 2.45) is 5.73 Å². The van der Waals surface area contributed by atoms with Crippen molar-refractivity contribution in [3.8, 4) is 0 Å². The van der Waals surface area contributed by atoms with Crippen LogP contribution in [0.15, 0.2) is 27.6 Å². The molecule has 0 aliphatic heterocycles. The second-order valence-electron chi connectivity index (χ2n) is 4.88. The van der Waals surface area contributed by atoms with Gasteiger partial charge in [-0.25, -0.2) is 8.42 Å². The van der Waals surface area contributed by atoms with Crippen LogP contribution in [-0.4, -0.2) is 8.42 Å². The third kappa shape index (κ3) is 3.48. The molecule has 1 aromatic carbocycles. The maximum Gasteiger partial charge on any atom is 0.263 e. The number of hydrogen-bond acceptors (Lipinski definition) is 4. The van der Waals surface area contributed by atoms with Gasteiger partial charge in [0.15, 0.2) is 0 Å². The number of sulfonamides is 1. The van der Waals surface area contributed by atoms with Crippen molar-refractivity contribution in [3.63, 3.8) is 0 Å². The number of nitrogens with two attached hydrogens (primary N) is 1. The predicted molar refractivity (Wildman–Crippen MR) is 91.4 cm³/mol. The molecular formula is C14H17BrN2O2S2. The van der Waals surface area contributed by atoms with Crippen molar-refractivity contribution in [2.45, 2.75) is 32.2 Å². The Kier molecular flexibility index (Phi) is 4.77. The number of rotatable bonds is 4. The first kappa shape index (κ1) is 16.5. The molecule has 1 aromatic heterocycles. The largest absolute Gasteiger partial charge is 0.326 e. The molecule has 0 radical (unpaired) electrons. The van der Waals surface area contributed by atoms with Crippen LogP contribution in [-0.2, 0) is 16.6 Å². The minimum Gasteiger partial charge on any atom is -0.326 e. The number of aryl methyl sites for hydroxylation is 3. The lowest BCUT2D eigenvalue weighted by molar-refractivity contribution is 0.601. The van der Waals surface area contributed by atoms with Gasteiger partial charge in [-0.05, 0) is 60.0 Å². The number of nitrogens with one attached hydrogen (secondary N) is 1. The fourth-order valence-corrected chi connectivity index (χ4v) is 5.70. The van der Waals surface area contributed by atoms with Crippen molar-refractivity contribution < 1.29 is 8.42 Å². The highest BCUT2D eigenvalue weighted by Crippen LogP contribution is 2.32. The van der Waals surface area contributed by atoms with Crippen LogP contribution in [0.25, 0.3) is 0 Å². The fraction of sp³-hybridized carbons (Fsp3) is 0.286. The molecule has 0 aliphatic carbocycles. The van der Waals surface area contributed by atoms with Gasteiger partial charge in [-0.1, -0.05) is 6.07 Å². The SMILES string of the molecule is Cc1cc(C)c(NS(=O)(=O)c2cc(CN)sc2C)c(Br)c1. The second kappa shape index (κ2) is 6.08. The Balaban J connectivity index is 2.44. The summed E-state index contributed by atoms with van der Waals surface area (Å²) < 4.78 is 28.5. The van der Waals surface area contributed by atoms with Gasteiger partial charge < -0.3 is 5.73 Å². The van der Waals surface area contributed by atoms with Gasteiger partial charge in [0, 0.05) is 20.8 Å². The standard InChI is InChI=1S/C14H17BrN2O2S2/c1-8-4-9(2)14(12(15)5-8)17-21(18,19)13-6-11(7-16)20-10(13)3/h4-6,17H,7,16H2,1-3H3. The molecule has 0 fully saturated rings. The first-order valence-corrected chi connectivity index (χ1v) is 9.43. The van der Waals surface area contributed by atoms with Gasteiger partial charge >= 0.3 is 0 Å². The molecule has 0 saturated carbocycles. The van der Waals surface area contributed by atoms with E-state index in [1.165, 1.54) is 11.3 Å². The van der Waals surface area contributed by atoms with E-state index in [0.29, 0.717) is 17.1 Å². The van der Waals surface area contributed by atoms with Crippen LogP contribution in [0.1, 0.15) is 20.9 Å². The van der Waals surface area contributed by atoms with E-state index in [4.69, 9.17) is 5.73 Å². The molecule has 0 amide bonds. The average Bonchev–Trinajstić information content (AvgIpc) is 2.76. The summed E-state index contributed by atoms with van der Waals surface area (Å²) >= 11 is 4.82. The van der Waals surface area contributed by atoms with Crippen LogP contribution < -0.4 is 10.5 Å². The molecule has 0 spiro atoms. The maximum absolute atomic E-state index is 12.6. The van der Waals surface area contributed by atoms with Crippen molar-refractivity contribution in [1.82, 2.24) is 0 Å². The summed E-state index contributed by atoms with van der Waals surface area (Å²) in [5, 5.41) is 0. The summed E-state index contributed by atoms with van der Waals surface area (Å²) in [5.74, 6) is 0. The summed E-state index contributed by atoms with van der Waals surface area (Å²) in [6.07, 6.45) is 0. The molecule has 7 heteroatoms. The molecule has 0 saturated heterocycles. The highest BCUT2D eigenvalue weighted by molar-refractivity contribution is 9.10. The van der Waals surface area contributed by atoms with Gasteiger partial charge in [-0.15, -0.1) is 11.3 Å². The zero-order chi connectivity index (χ0) is 15.8. The molecule has 21 heavy (non-hydrogen) atoms. The van der Waals surface area contributed by atoms with Crippen molar-refractivity contribution in [2.75, 3.05) is 4.72 Å². The Labute approximate surface area is 137 Å². The Hall–Kier alpha value is -0.890. The maximum atomic E-state index is 12.6. The van der Waals surface area contributed by atoms with E-state index in [1.54, 1.807) is 13.0 Å². The lowest BCUT2D eigenvalue weighted by atomic mass is 10.1.